The fraction of sp³-hybridized carbons (Fsp3) is 0.444. The van der Waals surface area contributed by atoms with Gasteiger partial charge in [-0.3, -0.25) is 23.9 Å². The molecular formula is C18H19N3O3S2. The summed E-state index contributed by atoms with van der Waals surface area (Å²) < 4.78 is 1.59. The molecule has 2 amide bonds. The SMILES string of the molecule is C=CCn1c(SCC(=O)N2CCCC2=O)nc2sc3c(c2c1=O)CCC3. The second-order valence-electron chi connectivity index (χ2n) is 6.47. The van der Waals surface area contributed by atoms with Crippen LogP contribution >= 0.6 is 23.1 Å². The quantitative estimate of drug-likeness (QED) is 0.446. The van der Waals surface area contributed by atoms with Gasteiger partial charge >= 0.3 is 0 Å². The van der Waals surface area contributed by atoms with Crippen molar-refractivity contribution in [2.45, 2.75) is 43.8 Å². The van der Waals surface area contributed by atoms with E-state index in [4.69, 9.17) is 0 Å². The summed E-state index contributed by atoms with van der Waals surface area (Å²) in [5.41, 5.74) is 1.09. The average molecular weight is 390 g/mol. The molecule has 0 atom stereocenters. The number of imide groups is 1. The molecule has 4 rings (SSSR count). The molecule has 2 aliphatic rings. The van der Waals surface area contributed by atoms with Crippen molar-refractivity contribution in [1.29, 1.82) is 0 Å². The number of hydrogen-bond acceptors (Lipinski definition) is 6. The summed E-state index contributed by atoms with van der Waals surface area (Å²) in [4.78, 5) is 45.1. The van der Waals surface area contributed by atoms with E-state index in [0.717, 1.165) is 41.5 Å². The minimum Gasteiger partial charge on any atom is -0.283 e. The maximum Gasteiger partial charge on any atom is 0.263 e. The number of thioether (sulfide) groups is 1. The van der Waals surface area contributed by atoms with E-state index in [1.807, 2.05) is 0 Å². The zero-order valence-corrected chi connectivity index (χ0v) is 16.0. The molecule has 1 fully saturated rings. The largest absolute Gasteiger partial charge is 0.283 e. The normalized spacial score (nSPS) is 16.5. The Hall–Kier alpha value is -1.93. The van der Waals surface area contributed by atoms with Gasteiger partial charge in [0, 0.05) is 24.4 Å². The van der Waals surface area contributed by atoms with Gasteiger partial charge in [-0.25, -0.2) is 4.98 Å². The lowest BCUT2D eigenvalue weighted by Gasteiger charge is -2.14. The number of allylic oxidation sites excluding steroid dienone is 1. The van der Waals surface area contributed by atoms with Crippen LogP contribution in [0.15, 0.2) is 22.6 Å². The fourth-order valence-electron chi connectivity index (χ4n) is 3.57. The number of hydrogen-bond donors (Lipinski definition) is 0. The molecule has 136 valence electrons. The molecule has 0 saturated carbocycles. The first-order valence-electron chi connectivity index (χ1n) is 8.72. The third kappa shape index (κ3) is 2.91. The van der Waals surface area contributed by atoms with E-state index >= 15 is 0 Å². The van der Waals surface area contributed by atoms with E-state index in [0.29, 0.717) is 24.7 Å². The van der Waals surface area contributed by atoms with E-state index in [2.05, 4.69) is 11.6 Å². The number of aryl methyl sites for hydroxylation is 2. The molecule has 0 spiro atoms. The van der Waals surface area contributed by atoms with Crippen LogP contribution in [0.4, 0.5) is 0 Å². The fourth-order valence-corrected chi connectivity index (χ4v) is 5.76. The van der Waals surface area contributed by atoms with Crippen LogP contribution in [0.1, 0.15) is 29.7 Å². The second-order valence-corrected chi connectivity index (χ2v) is 8.49. The zero-order chi connectivity index (χ0) is 18.3. The highest BCUT2D eigenvalue weighted by molar-refractivity contribution is 7.99. The topological polar surface area (TPSA) is 72.3 Å². The summed E-state index contributed by atoms with van der Waals surface area (Å²) in [6.07, 6.45) is 5.85. The molecule has 0 unspecified atom stereocenters. The highest BCUT2D eigenvalue weighted by atomic mass is 32.2. The monoisotopic (exact) mass is 389 g/mol. The number of rotatable bonds is 5. The van der Waals surface area contributed by atoms with E-state index in [1.165, 1.54) is 21.5 Å². The Labute approximate surface area is 158 Å². The summed E-state index contributed by atoms with van der Waals surface area (Å²) >= 11 is 2.81. The molecule has 0 radical (unpaired) electrons. The number of carbonyl (C=O) groups excluding carboxylic acids is 2. The molecule has 0 aromatic carbocycles. The maximum absolute atomic E-state index is 13.0. The molecule has 8 heteroatoms. The minimum atomic E-state index is -0.217. The van der Waals surface area contributed by atoms with Crippen molar-refractivity contribution >= 4 is 45.1 Å². The summed E-state index contributed by atoms with van der Waals surface area (Å²) in [6, 6.07) is 0. The Balaban J connectivity index is 1.66. The molecular weight excluding hydrogens is 370 g/mol. The van der Waals surface area contributed by atoms with Gasteiger partial charge in [0.25, 0.3) is 5.56 Å². The molecule has 1 saturated heterocycles. The number of carbonyl (C=O) groups is 2. The van der Waals surface area contributed by atoms with E-state index in [-0.39, 0.29) is 23.1 Å². The Bertz CT molecular complexity index is 976. The summed E-state index contributed by atoms with van der Waals surface area (Å²) in [5.74, 6) is -0.228. The number of amides is 2. The summed E-state index contributed by atoms with van der Waals surface area (Å²) in [7, 11) is 0. The van der Waals surface area contributed by atoms with Gasteiger partial charge in [-0.1, -0.05) is 17.8 Å². The number of fused-ring (bicyclic) bond motifs is 3. The number of thiophene rings is 1. The first-order valence-corrected chi connectivity index (χ1v) is 10.5. The molecule has 1 aliphatic carbocycles. The Morgan fingerprint density at radius 2 is 2.12 bits per heavy atom. The minimum absolute atomic E-state index is 0.0542. The van der Waals surface area contributed by atoms with Gasteiger partial charge in [-0.2, -0.15) is 0 Å². The van der Waals surface area contributed by atoms with Gasteiger partial charge in [0.15, 0.2) is 5.16 Å². The van der Waals surface area contributed by atoms with Crippen molar-refractivity contribution in [3.8, 4) is 0 Å². The molecule has 1 aliphatic heterocycles. The third-order valence-corrected chi connectivity index (χ3v) is 6.95. The van der Waals surface area contributed by atoms with Crippen molar-refractivity contribution in [2.24, 2.45) is 0 Å². The molecule has 26 heavy (non-hydrogen) atoms. The van der Waals surface area contributed by atoms with Crippen LogP contribution in [0.3, 0.4) is 0 Å². The van der Waals surface area contributed by atoms with Crippen molar-refractivity contribution in [1.82, 2.24) is 14.5 Å². The van der Waals surface area contributed by atoms with Crippen LogP contribution < -0.4 is 5.56 Å². The van der Waals surface area contributed by atoms with E-state index in [1.54, 1.807) is 22.0 Å². The smallest absolute Gasteiger partial charge is 0.263 e. The Morgan fingerprint density at radius 3 is 2.85 bits per heavy atom. The lowest BCUT2D eigenvalue weighted by atomic mass is 10.2. The molecule has 6 nitrogen and oxygen atoms in total. The van der Waals surface area contributed by atoms with E-state index < -0.39 is 0 Å². The first-order chi connectivity index (χ1) is 12.6. The predicted molar refractivity (Wildman–Crippen MR) is 103 cm³/mol. The molecule has 2 aromatic heterocycles. The van der Waals surface area contributed by atoms with Crippen LogP contribution in [0, 0.1) is 0 Å². The van der Waals surface area contributed by atoms with Crippen LogP contribution in [0.2, 0.25) is 0 Å². The van der Waals surface area contributed by atoms with Gasteiger partial charge in [-0.05, 0) is 31.2 Å². The third-order valence-electron chi connectivity index (χ3n) is 4.80. The highest BCUT2D eigenvalue weighted by Gasteiger charge is 2.27. The number of likely N-dealkylation sites (tertiary alicyclic amines) is 1. The van der Waals surface area contributed by atoms with Crippen molar-refractivity contribution in [3.05, 3.63) is 33.4 Å². The van der Waals surface area contributed by atoms with Crippen LogP contribution in [-0.2, 0) is 29.0 Å². The van der Waals surface area contributed by atoms with Gasteiger partial charge in [-0.15, -0.1) is 17.9 Å². The zero-order valence-electron chi connectivity index (χ0n) is 14.3. The van der Waals surface area contributed by atoms with Crippen molar-refractivity contribution in [3.63, 3.8) is 0 Å². The highest BCUT2D eigenvalue weighted by Crippen LogP contribution is 2.35. The number of nitrogens with zero attached hydrogens (tertiary/aromatic N) is 3. The van der Waals surface area contributed by atoms with Gasteiger partial charge in [0.1, 0.15) is 4.83 Å². The molecule has 0 N–H and O–H groups in total. The first kappa shape index (κ1) is 17.5. The summed E-state index contributed by atoms with van der Waals surface area (Å²) in [5, 5.41) is 1.25. The lowest BCUT2D eigenvalue weighted by Crippen LogP contribution is -2.33. The predicted octanol–water partition coefficient (Wildman–Crippen LogP) is 2.37. The maximum atomic E-state index is 13.0. The Kier molecular flexibility index (Phi) is 4.71. The standard InChI is InChI=1S/C18H19N3O3S2/c1-2-8-21-17(24)15-11-5-3-6-12(11)26-16(15)19-18(21)25-10-14(23)20-9-4-7-13(20)22/h2H,1,3-10H2. The van der Waals surface area contributed by atoms with Gasteiger partial charge in [0.05, 0.1) is 11.1 Å². The average Bonchev–Trinajstić information content (AvgIpc) is 3.31. The molecule has 2 aromatic rings. The van der Waals surface area contributed by atoms with Crippen LogP contribution in [0.25, 0.3) is 10.2 Å². The van der Waals surface area contributed by atoms with E-state index in [9.17, 15) is 14.4 Å². The Morgan fingerprint density at radius 1 is 1.27 bits per heavy atom. The molecule has 0 bridgehead atoms. The van der Waals surface area contributed by atoms with Crippen molar-refractivity contribution in [2.75, 3.05) is 12.3 Å². The van der Waals surface area contributed by atoms with Crippen LogP contribution in [-0.4, -0.2) is 38.6 Å². The van der Waals surface area contributed by atoms with Crippen LogP contribution in [0.5, 0.6) is 0 Å². The van der Waals surface area contributed by atoms with Crippen molar-refractivity contribution < 1.29 is 9.59 Å². The lowest BCUT2D eigenvalue weighted by molar-refractivity contribution is -0.140. The summed E-state index contributed by atoms with van der Waals surface area (Å²) in [6.45, 7) is 4.57. The number of aromatic nitrogens is 2. The second kappa shape index (κ2) is 7.00. The van der Waals surface area contributed by atoms with Gasteiger partial charge in [0.2, 0.25) is 11.8 Å². The van der Waals surface area contributed by atoms with Gasteiger partial charge < -0.3 is 0 Å². The molecule has 3 heterocycles.